The van der Waals surface area contributed by atoms with Crippen LogP contribution in [0.1, 0.15) is 39.5 Å². The Kier molecular flexibility index (Phi) is 4.87. The van der Waals surface area contributed by atoms with Crippen LogP contribution in [-0.4, -0.2) is 55.8 Å². The summed E-state index contributed by atoms with van der Waals surface area (Å²) in [6, 6.07) is 0.757. The minimum atomic E-state index is -3.21. The van der Waals surface area contributed by atoms with Gasteiger partial charge in [0.15, 0.2) is 0 Å². The molecule has 1 heterocycles. The normalized spacial score (nSPS) is 23.4. The Morgan fingerprint density at radius 3 is 2.26 bits per heavy atom. The van der Waals surface area contributed by atoms with Gasteiger partial charge in [0.1, 0.15) is 0 Å². The number of nitrogens with zero attached hydrogens (tertiary/aromatic N) is 2. The van der Waals surface area contributed by atoms with E-state index in [1.807, 2.05) is 0 Å². The van der Waals surface area contributed by atoms with E-state index >= 15 is 0 Å². The lowest BCUT2D eigenvalue weighted by Gasteiger charge is -2.34. The molecule has 0 amide bonds. The maximum atomic E-state index is 12.4. The topological polar surface area (TPSA) is 52.7 Å². The SMILES string of the molecule is CC(C)NCC1CCN(S(=O)(=O)N(C)C2CC2)CC1. The van der Waals surface area contributed by atoms with E-state index in [-0.39, 0.29) is 6.04 Å². The molecule has 1 N–H and O–H groups in total. The first-order chi connectivity index (χ1) is 8.91. The van der Waals surface area contributed by atoms with Gasteiger partial charge in [-0.2, -0.15) is 17.0 Å². The highest BCUT2D eigenvalue weighted by Gasteiger charge is 2.38. The number of piperidine rings is 1. The van der Waals surface area contributed by atoms with E-state index < -0.39 is 10.2 Å². The predicted octanol–water partition coefficient (Wildman–Crippen LogP) is 1.04. The second kappa shape index (κ2) is 6.08. The van der Waals surface area contributed by atoms with E-state index in [0.29, 0.717) is 25.0 Å². The molecule has 0 bridgehead atoms. The molecule has 0 atom stereocenters. The molecule has 1 saturated carbocycles. The van der Waals surface area contributed by atoms with Crippen molar-refractivity contribution in [2.75, 3.05) is 26.7 Å². The first-order valence-electron chi connectivity index (χ1n) is 7.37. The van der Waals surface area contributed by atoms with Gasteiger partial charge in [0.2, 0.25) is 0 Å². The van der Waals surface area contributed by atoms with Crippen molar-refractivity contribution < 1.29 is 8.42 Å². The average Bonchev–Trinajstić information content (AvgIpc) is 3.20. The highest BCUT2D eigenvalue weighted by Crippen LogP contribution is 2.30. The zero-order valence-electron chi connectivity index (χ0n) is 12.3. The first kappa shape index (κ1) is 15.2. The molecule has 2 fully saturated rings. The number of hydrogen-bond acceptors (Lipinski definition) is 3. The van der Waals surface area contributed by atoms with Crippen LogP contribution in [0.2, 0.25) is 0 Å². The summed E-state index contributed by atoms with van der Waals surface area (Å²) < 4.78 is 28.0. The Bertz CT molecular complexity index is 385. The van der Waals surface area contributed by atoms with Crippen molar-refractivity contribution in [3.63, 3.8) is 0 Å². The van der Waals surface area contributed by atoms with E-state index in [0.717, 1.165) is 32.2 Å². The van der Waals surface area contributed by atoms with Crippen LogP contribution in [-0.2, 0) is 10.2 Å². The monoisotopic (exact) mass is 289 g/mol. The van der Waals surface area contributed by atoms with Crippen LogP contribution in [0.25, 0.3) is 0 Å². The Labute approximate surface area is 117 Å². The molecule has 5 nitrogen and oxygen atoms in total. The summed E-state index contributed by atoms with van der Waals surface area (Å²) in [5.41, 5.74) is 0. The molecule has 0 aromatic heterocycles. The summed E-state index contributed by atoms with van der Waals surface area (Å²) in [4.78, 5) is 0. The van der Waals surface area contributed by atoms with Gasteiger partial charge in [-0.1, -0.05) is 13.8 Å². The first-order valence-corrected chi connectivity index (χ1v) is 8.77. The van der Waals surface area contributed by atoms with Crippen molar-refractivity contribution in [1.82, 2.24) is 13.9 Å². The lowest BCUT2D eigenvalue weighted by molar-refractivity contribution is 0.250. The quantitative estimate of drug-likeness (QED) is 0.795. The third kappa shape index (κ3) is 3.90. The van der Waals surface area contributed by atoms with Crippen molar-refractivity contribution in [1.29, 1.82) is 0 Å². The van der Waals surface area contributed by atoms with Crippen LogP contribution in [0, 0.1) is 5.92 Å². The van der Waals surface area contributed by atoms with Gasteiger partial charge in [-0.3, -0.25) is 0 Å². The van der Waals surface area contributed by atoms with Gasteiger partial charge in [0, 0.05) is 32.2 Å². The van der Waals surface area contributed by atoms with Gasteiger partial charge in [-0.25, -0.2) is 0 Å². The summed E-state index contributed by atoms with van der Waals surface area (Å²) in [6.45, 7) is 6.63. The molecule has 112 valence electrons. The molecule has 0 unspecified atom stereocenters. The molecule has 1 aliphatic heterocycles. The molecule has 0 radical (unpaired) electrons. The highest BCUT2D eigenvalue weighted by molar-refractivity contribution is 7.86. The molecule has 1 aliphatic carbocycles. The Morgan fingerprint density at radius 1 is 1.21 bits per heavy atom. The minimum absolute atomic E-state index is 0.255. The summed E-state index contributed by atoms with van der Waals surface area (Å²) in [5.74, 6) is 0.611. The third-order valence-electron chi connectivity index (χ3n) is 4.14. The van der Waals surface area contributed by atoms with Crippen LogP contribution >= 0.6 is 0 Å². The predicted molar refractivity (Wildman–Crippen MR) is 77.1 cm³/mol. The summed E-state index contributed by atoms with van der Waals surface area (Å²) in [6.07, 6.45) is 3.98. The second-order valence-electron chi connectivity index (χ2n) is 6.16. The summed E-state index contributed by atoms with van der Waals surface area (Å²) >= 11 is 0. The van der Waals surface area contributed by atoms with E-state index in [9.17, 15) is 8.42 Å². The van der Waals surface area contributed by atoms with Gasteiger partial charge in [-0.15, -0.1) is 0 Å². The Morgan fingerprint density at radius 2 is 1.79 bits per heavy atom. The van der Waals surface area contributed by atoms with Crippen LogP contribution in [0.15, 0.2) is 0 Å². The molecular weight excluding hydrogens is 262 g/mol. The van der Waals surface area contributed by atoms with Crippen LogP contribution in [0.4, 0.5) is 0 Å². The lowest BCUT2D eigenvalue weighted by Crippen LogP contribution is -2.47. The molecule has 0 aromatic rings. The van der Waals surface area contributed by atoms with Crippen molar-refractivity contribution >= 4 is 10.2 Å². The highest BCUT2D eigenvalue weighted by atomic mass is 32.2. The van der Waals surface area contributed by atoms with Gasteiger partial charge in [0.25, 0.3) is 10.2 Å². The largest absolute Gasteiger partial charge is 0.314 e. The van der Waals surface area contributed by atoms with E-state index in [1.165, 1.54) is 0 Å². The average molecular weight is 289 g/mol. The summed E-state index contributed by atoms with van der Waals surface area (Å²) in [5, 5.41) is 3.44. The van der Waals surface area contributed by atoms with Gasteiger partial charge in [-0.05, 0) is 38.1 Å². The van der Waals surface area contributed by atoms with E-state index in [4.69, 9.17) is 0 Å². The molecule has 0 spiro atoms. The summed E-state index contributed by atoms with van der Waals surface area (Å²) in [7, 11) is -1.49. The Balaban J connectivity index is 1.82. The molecule has 6 heteroatoms. The second-order valence-corrected chi connectivity index (χ2v) is 8.15. The smallest absolute Gasteiger partial charge is 0.281 e. The van der Waals surface area contributed by atoms with Gasteiger partial charge in [0.05, 0.1) is 0 Å². The van der Waals surface area contributed by atoms with Gasteiger partial charge >= 0.3 is 0 Å². The van der Waals surface area contributed by atoms with Crippen molar-refractivity contribution in [2.24, 2.45) is 5.92 Å². The molecule has 2 rings (SSSR count). The van der Waals surface area contributed by atoms with E-state index in [1.54, 1.807) is 15.7 Å². The molecule has 2 aliphatic rings. The van der Waals surface area contributed by atoms with Crippen LogP contribution in [0.3, 0.4) is 0 Å². The number of rotatable bonds is 6. The molecule has 0 aromatic carbocycles. The van der Waals surface area contributed by atoms with Crippen molar-refractivity contribution in [2.45, 2.75) is 51.6 Å². The van der Waals surface area contributed by atoms with Crippen LogP contribution in [0.5, 0.6) is 0 Å². The van der Waals surface area contributed by atoms with Crippen LogP contribution < -0.4 is 5.32 Å². The maximum Gasteiger partial charge on any atom is 0.281 e. The fourth-order valence-corrected chi connectivity index (χ4v) is 4.18. The van der Waals surface area contributed by atoms with Gasteiger partial charge < -0.3 is 5.32 Å². The standard InChI is InChI=1S/C13H27N3O2S/c1-11(2)14-10-12-6-8-16(9-7-12)19(17,18)15(3)13-4-5-13/h11-14H,4-10H2,1-3H3. The third-order valence-corrected chi connectivity index (χ3v) is 6.18. The minimum Gasteiger partial charge on any atom is -0.314 e. The Hall–Kier alpha value is -0.170. The number of hydrogen-bond donors (Lipinski definition) is 1. The molecule has 1 saturated heterocycles. The molecular formula is C13H27N3O2S. The fourth-order valence-electron chi connectivity index (χ4n) is 2.56. The van der Waals surface area contributed by atoms with Crippen molar-refractivity contribution in [3.8, 4) is 0 Å². The van der Waals surface area contributed by atoms with Crippen molar-refractivity contribution in [3.05, 3.63) is 0 Å². The number of nitrogens with one attached hydrogen (secondary N) is 1. The zero-order chi connectivity index (χ0) is 14.0. The molecule has 19 heavy (non-hydrogen) atoms. The van der Waals surface area contributed by atoms with E-state index in [2.05, 4.69) is 19.2 Å². The zero-order valence-corrected chi connectivity index (χ0v) is 13.1. The maximum absolute atomic E-state index is 12.4. The fraction of sp³-hybridized carbons (Fsp3) is 1.00. The lowest BCUT2D eigenvalue weighted by atomic mass is 9.98.